The molecule has 1 aromatic carbocycles. The summed E-state index contributed by atoms with van der Waals surface area (Å²) in [6, 6.07) is 5.76. The Kier molecular flexibility index (Phi) is 5.36. The SMILES string of the molecule is Cc1cccc(C)c1OCC(=O)N(C)CCC(=O)O. The molecule has 0 atom stereocenters. The summed E-state index contributed by atoms with van der Waals surface area (Å²) >= 11 is 0. The summed E-state index contributed by atoms with van der Waals surface area (Å²) in [5.74, 6) is -0.443. The van der Waals surface area contributed by atoms with Crippen molar-refractivity contribution in [2.24, 2.45) is 0 Å². The molecular formula is C14H19NO4. The fraction of sp³-hybridized carbons (Fsp3) is 0.429. The summed E-state index contributed by atoms with van der Waals surface area (Å²) in [5.41, 5.74) is 1.95. The van der Waals surface area contributed by atoms with Gasteiger partial charge >= 0.3 is 5.97 Å². The average Bonchev–Trinajstić information content (AvgIpc) is 2.35. The number of carbonyl (C=O) groups excluding carboxylic acids is 1. The lowest BCUT2D eigenvalue weighted by Crippen LogP contribution is -2.33. The van der Waals surface area contributed by atoms with Gasteiger partial charge < -0.3 is 14.7 Å². The lowest BCUT2D eigenvalue weighted by Gasteiger charge is -2.17. The molecule has 0 saturated heterocycles. The normalized spacial score (nSPS) is 10.1. The Balaban J connectivity index is 2.52. The van der Waals surface area contributed by atoms with Crippen LogP contribution in [0.1, 0.15) is 17.5 Å². The molecule has 0 bridgehead atoms. The van der Waals surface area contributed by atoms with Crippen LogP contribution in [0.4, 0.5) is 0 Å². The van der Waals surface area contributed by atoms with Gasteiger partial charge in [-0.3, -0.25) is 9.59 Å². The Labute approximate surface area is 112 Å². The van der Waals surface area contributed by atoms with Gasteiger partial charge in [0.2, 0.25) is 0 Å². The van der Waals surface area contributed by atoms with Crippen molar-refractivity contribution in [2.45, 2.75) is 20.3 Å². The third-order valence-electron chi connectivity index (χ3n) is 2.84. The maximum absolute atomic E-state index is 11.8. The molecule has 0 fully saturated rings. The Morgan fingerprint density at radius 3 is 2.37 bits per heavy atom. The van der Waals surface area contributed by atoms with Gasteiger partial charge in [0.1, 0.15) is 5.75 Å². The molecule has 0 heterocycles. The molecule has 19 heavy (non-hydrogen) atoms. The molecule has 0 aliphatic carbocycles. The summed E-state index contributed by atoms with van der Waals surface area (Å²) < 4.78 is 5.52. The molecule has 0 unspecified atom stereocenters. The van der Waals surface area contributed by atoms with E-state index in [0.29, 0.717) is 5.75 Å². The third kappa shape index (κ3) is 4.62. The van der Waals surface area contributed by atoms with Crippen LogP contribution in [0, 0.1) is 13.8 Å². The van der Waals surface area contributed by atoms with E-state index in [1.54, 1.807) is 7.05 Å². The first-order valence-electron chi connectivity index (χ1n) is 6.06. The van der Waals surface area contributed by atoms with E-state index in [1.807, 2.05) is 32.0 Å². The minimum absolute atomic E-state index is 0.0639. The first-order chi connectivity index (χ1) is 8.91. The lowest BCUT2D eigenvalue weighted by atomic mass is 10.1. The smallest absolute Gasteiger partial charge is 0.305 e. The van der Waals surface area contributed by atoms with Crippen LogP contribution in [-0.2, 0) is 9.59 Å². The van der Waals surface area contributed by atoms with Crippen molar-refractivity contribution >= 4 is 11.9 Å². The van der Waals surface area contributed by atoms with Crippen molar-refractivity contribution in [3.8, 4) is 5.75 Å². The molecule has 0 radical (unpaired) electrons. The van der Waals surface area contributed by atoms with Gasteiger partial charge in [-0.2, -0.15) is 0 Å². The number of benzene rings is 1. The highest BCUT2D eigenvalue weighted by Crippen LogP contribution is 2.22. The zero-order valence-electron chi connectivity index (χ0n) is 11.5. The molecule has 1 N–H and O–H groups in total. The van der Waals surface area contributed by atoms with Gasteiger partial charge in [-0.15, -0.1) is 0 Å². The molecule has 0 aliphatic rings. The van der Waals surface area contributed by atoms with Gasteiger partial charge in [0, 0.05) is 13.6 Å². The number of aryl methyl sites for hydroxylation is 2. The first kappa shape index (κ1) is 15.0. The Morgan fingerprint density at radius 2 is 1.84 bits per heavy atom. The number of rotatable bonds is 6. The molecule has 0 saturated carbocycles. The lowest BCUT2D eigenvalue weighted by molar-refractivity contribution is -0.138. The van der Waals surface area contributed by atoms with Crippen LogP contribution in [0.15, 0.2) is 18.2 Å². The molecule has 0 aromatic heterocycles. The van der Waals surface area contributed by atoms with E-state index in [1.165, 1.54) is 4.90 Å². The van der Waals surface area contributed by atoms with Crippen LogP contribution in [0.3, 0.4) is 0 Å². The van der Waals surface area contributed by atoms with E-state index in [0.717, 1.165) is 11.1 Å². The van der Waals surface area contributed by atoms with Crippen LogP contribution < -0.4 is 4.74 Å². The van der Waals surface area contributed by atoms with E-state index in [9.17, 15) is 9.59 Å². The van der Waals surface area contributed by atoms with E-state index in [-0.39, 0.29) is 25.5 Å². The number of aliphatic carboxylic acids is 1. The van der Waals surface area contributed by atoms with Gasteiger partial charge in [0.05, 0.1) is 6.42 Å². The van der Waals surface area contributed by atoms with Gasteiger partial charge in [-0.1, -0.05) is 18.2 Å². The third-order valence-corrected chi connectivity index (χ3v) is 2.84. The maximum Gasteiger partial charge on any atom is 0.305 e. The van der Waals surface area contributed by atoms with Crippen LogP contribution in [0.5, 0.6) is 5.75 Å². The fourth-order valence-corrected chi connectivity index (χ4v) is 1.66. The van der Waals surface area contributed by atoms with Crippen LogP contribution in [0.2, 0.25) is 0 Å². The predicted octanol–water partition coefficient (Wildman–Crippen LogP) is 1.62. The van der Waals surface area contributed by atoms with Crippen molar-refractivity contribution in [3.63, 3.8) is 0 Å². The average molecular weight is 265 g/mol. The summed E-state index contributed by atoms with van der Waals surface area (Å²) in [6.45, 7) is 3.94. The van der Waals surface area contributed by atoms with E-state index < -0.39 is 5.97 Å². The molecule has 5 nitrogen and oxygen atoms in total. The van der Waals surface area contributed by atoms with Crippen LogP contribution in [0.25, 0.3) is 0 Å². The number of amides is 1. The highest BCUT2D eigenvalue weighted by molar-refractivity contribution is 5.78. The Morgan fingerprint density at radius 1 is 1.26 bits per heavy atom. The number of likely N-dealkylation sites (N-methyl/N-ethyl adjacent to an activating group) is 1. The second-order valence-corrected chi connectivity index (χ2v) is 4.47. The number of carboxylic acid groups (broad SMARTS) is 1. The minimum Gasteiger partial charge on any atom is -0.483 e. The highest BCUT2D eigenvalue weighted by Gasteiger charge is 2.12. The van der Waals surface area contributed by atoms with Gasteiger partial charge in [-0.05, 0) is 25.0 Å². The van der Waals surface area contributed by atoms with E-state index in [4.69, 9.17) is 9.84 Å². The van der Waals surface area contributed by atoms with Gasteiger partial charge in [0.15, 0.2) is 6.61 Å². The first-order valence-corrected chi connectivity index (χ1v) is 6.06. The van der Waals surface area contributed by atoms with E-state index >= 15 is 0 Å². The number of nitrogens with zero attached hydrogens (tertiary/aromatic N) is 1. The molecule has 0 aliphatic heterocycles. The standard InChI is InChI=1S/C14H19NO4/c1-10-5-4-6-11(2)14(10)19-9-12(16)15(3)8-7-13(17)18/h4-6H,7-9H2,1-3H3,(H,17,18). The molecule has 1 amide bonds. The largest absolute Gasteiger partial charge is 0.483 e. The van der Waals surface area contributed by atoms with Crippen LogP contribution >= 0.6 is 0 Å². The zero-order chi connectivity index (χ0) is 14.4. The molecule has 5 heteroatoms. The van der Waals surface area contributed by atoms with Crippen LogP contribution in [-0.4, -0.2) is 42.1 Å². The van der Waals surface area contributed by atoms with Crippen molar-refractivity contribution in [3.05, 3.63) is 29.3 Å². The van der Waals surface area contributed by atoms with Crippen molar-refractivity contribution in [1.29, 1.82) is 0 Å². The van der Waals surface area contributed by atoms with Gasteiger partial charge in [-0.25, -0.2) is 0 Å². The quantitative estimate of drug-likeness (QED) is 0.848. The highest BCUT2D eigenvalue weighted by atomic mass is 16.5. The molecule has 104 valence electrons. The number of para-hydroxylation sites is 1. The van der Waals surface area contributed by atoms with Crippen molar-refractivity contribution in [1.82, 2.24) is 4.90 Å². The molecule has 0 spiro atoms. The minimum atomic E-state index is -0.921. The van der Waals surface area contributed by atoms with Crippen molar-refractivity contribution in [2.75, 3.05) is 20.2 Å². The topological polar surface area (TPSA) is 66.8 Å². The summed E-state index contributed by atoms with van der Waals surface area (Å²) in [4.78, 5) is 23.5. The van der Waals surface area contributed by atoms with Crippen molar-refractivity contribution < 1.29 is 19.4 Å². The molecule has 1 rings (SSSR count). The summed E-state index contributed by atoms with van der Waals surface area (Å²) in [7, 11) is 1.57. The fourth-order valence-electron chi connectivity index (χ4n) is 1.66. The number of ether oxygens (including phenoxy) is 1. The Bertz CT molecular complexity index is 450. The Hall–Kier alpha value is -2.04. The molecule has 1 aromatic rings. The second-order valence-electron chi connectivity index (χ2n) is 4.47. The predicted molar refractivity (Wildman–Crippen MR) is 71.3 cm³/mol. The number of hydrogen-bond donors (Lipinski definition) is 1. The number of carboxylic acids is 1. The maximum atomic E-state index is 11.8. The zero-order valence-corrected chi connectivity index (χ0v) is 11.5. The second kappa shape index (κ2) is 6.78. The number of carbonyl (C=O) groups is 2. The van der Waals surface area contributed by atoms with E-state index in [2.05, 4.69) is 0 Å². The summed E-state index contributed by atoms with van der Waals surface area (Å²) in [5, 5.41) is 8.56. The summed E-state index contributed by atoms with van der Waals surface area (Å²) in [6.07, 6.45) is -0.0639. The number of hydrogen-bond acceptors (Lipinski definition) is 3. The molecular weight excluding hydrogens is 246 g/mol. The monoisotopic (exact) mass is 265 g/mol. The van der Waals surface area contributed by atoms with Gasteiger partial charge in [0.25, 0.3) is 5.91 Å².